The summed E-state index contributed by atoms with van der Waals surface area (Å²) in [5, 5.41) is 19.9. The molecule has 0 bridgehead atoms. The molecule has 4 N–H and O–H groups in total. The van der Waals surface area contributed by atoms with E-state index in [4.69, 9.17) is 9.94 Å². The molecule has 0 unspecified atom stereocenters. The molecule has 7 nitrogen and oxygen atoms in total. The van der Waals surface area contributed by atoms with Gasteiger partial charge in [0.05, 0.1) is 7.11 Å². The van der Waals surface area contributed by atoms with Crippen LogP contribution >= 0.6 is 0 Å². The van der Waals surface area contributed by atoms with Gasteiger partial charge in [-0.15, -0.1) is 0 Å². The predicted molar refractivity (Wildman–Crippen MR) is 95.2 cm³/mol. The molecule has 0 aromatic heterocycles. The van der Waals surface area contributed by atoms with E-state index in [1.54, 1.807) is 0 Å². The lowest BCUT2D eigenvalue weighted by molar-refractivity contribution is 0.249. The molecule has 1 saturated heterocycles. The molecule has 1 aliphatic rings. The molecule has 1 fully saturated rings. The quantitative estimate of drug-likeness (QED) is 0.474. The highest BCUT2D eigenvalue weighted by Gasteiger charge is 2.39. The monoisotopic (exact) mass is 394 g/mol. The van der Waals surface area contributed by atoms with Gasteiger partial charge in [0.15, 0.2) is 5.84 Å². The molecule has 0 aliphatic carbocycles. The van der Waals surface area contributed by atoms with Gasteiger partial charge in [-0.3, -0.25) is 0 Å². The van der Waals surface area contributed by atoms with Gasteiger partial charge in [-0.1, -0.05) is 5.16 Å². The number of nitrogens with zero attached hydrogens (tertiary/aromatic N) is 1. The standard InChI is InChI=1S/C18H17F3N4O3/c1-28-11-6-13(20)15(14(21)7-11)12-8-22-17(25-27)16(12)24-18(26)23-10-4-2-9(19)3-5-10/h2-7,12,16,27H,8H2,1H3,(H,22,25)(H2,23,24,26)/t12-,16-/m0/s1. The lowest BCUT2D eigenvalue weighted by Gasteiger charge is -2.21. The first-order valence-corrected chi connectivity index (χ1v) is 8.24. The first-order valence-electron chi connectivity index (χ1n) is 8.24. The maximum absolute atomic E-state index is 14.5. The Morgan fingerprint density at radius 3 is 2.43 bits per heavy atom. The molecule has 0 radical (unpaired) electrons. The minimum absolute atomic E-state index is 0.0133. The van der Waals surface area contributed by atoms with Crippen molar-refractivity contribution in [2.75, 3.05) is 19.0 Å². The summed E-state index contributed by atoms with van der Waals surface area (Å²) in [6.07, 6.45) is 0. The van der Waals surface area contributed by atoms with Gasteiger partial charge in [0.2, 0.25) is 0 Å². The number of amidine groups is 1. The van der Waals surface area contributed by atoms with Crippen LogP contribution in [-0.4, -0.2) is 36.8 Å². The van der Waals surface area contributed by atoms with Crippen LogP contribution in [0, 0.1) is 17.5 Å². The number of oxime groups is 1. The minimum Gasteiger partial charge on any atom is -0.497 e. The Morgan fingerprint density at radius 1 is 1.21 bits per heavy atom. The number of halogens is 3. The van der Waals surface area contributed by atoms with E-state index in [1.165, 1.54) is 19.2 Å². The molecular formula is C18H17F3N4O3. The summed E-state index contributed by atoms with van der Waals surface area (Å²) in [6, 6.07) is 5.34. The fourth-order valence-corrected chi connectivity index (χ4v) is 3.04. The van der Waals surface area contributed by atoms with Gasteiger partial charge in [-0.05, 0) is 24.3 Å². The van der Waals surface area contributed by atoms with Gasteiger partial charge in [0.1, 0.15) is 29.2 Å². The van der Waals surface area contributed by atoms with Crippen molar-refractivity contribution in [3.05, 3.63) is 59.4 Å². The minimum atomic E-state index is -1.03. The summed E-state index contributed by atoms with van der Waals surface area (Å²) in [7, 11) is 1.28. The van der Waals surface area contributed by atoms with Gasteiger partial charge < -0.3 is 25.9 Å². The molecule has 1 heterocycles. The molecule has 2 amide bonds. The number of carbonyl (C=O) groups excluding carboxylic acids is 1. The molecule has 1 aliphatic heterocycles. The van der Waals surface area contributed by atoms with Crippen molar-refractivity contribution in [1.82, 2.24) is 10.6 Å². The van der Waals surface area contributed by atoms with Crippen LogP contribution in [0.25, 0.3) is 0 Å². The van der Waals surface area contributed by atoms with E-state index >= 15 is 0 Å². The lowest BCUT2D eigenvalue weighted by atomic mass is 9.92. The van der Waals surface area contributed by atoms with Gasteiger partial charge in [-0.2, -0.15) is 0 Å². The Hall–Kier alpha value is -3.43. The summed E-state index contributed by atoms with van der Waals surface area (Å²) in [6.45, 7) is 0.0288. The van der Waals surface area contributed by atoms with Crippen LogP contribution in [0.2, 0.25) is 0 Å². The molecular weight excluding hydrogens is 377 g/mol. The maximum Gasteiger partial charge on any atom is 0.319 e. The molecule has 0 spiro atoms. The van der Waals surface area contributed by atoms with E-state index in [-0.39, 0.29) is 23.7 Å². The average Bonchev–Trinajstić information content (AvgIpc) is 3.05. The molecule has 0 saturated carbocycles. The van der Waals surface area contributed by atoms with E-state index in [0.717, 1.165) is 24.3 Å². The maximum atomic E-state index is 14.5. The van der Waals surface area contributed by atoms with E-state index in [1.807, 2.05) is 0 Å². The van der Waals surface area contributed by atoms with Crippen LogP contribution in [-0.2, 0) is 0 Å². The molecule has 28 heavy (non-hydrogen) atoms. The molecule has 2 atom stereocenters. The molecule has 148 valence electrons. The topological polar surface area (TPSA) is 95.0 Å². The number of anilines is 1. The highest BCUT2D eigenvalue weighted by atomic mass is 19.1. The smallest absolute Gasteiger partial charge is 0.319 e. The second-order valence-corrected chi connectivity index (χ2v) is 6.06. The van der Waals surface area contributed by atoms with Gasteiger partial charge in [0, 0.05) is 35.8 Å². The highest BCUT2D eigenvalue weighted by molar-refractivity contribution is 5.97. The second-order valence-electron chi connectivity index (χ2n) is 6.06. The third-order valence-electron chi connectivity index (χ3n) is 4.36. The predicted octanol–water partition coefficient (Wildman–Crippen LogP) is 2.78. The number of methoxy groups -OCH3 is 1. The van der Waals surface area contributed by atoms with Gasteiger partial charge in [0.25, 0.3) is 0 Å². The molecule has 10 heteroatoms. The van der Waals surface area contributed by atoms with Crippen LogP contribution < -0.4 is 20.7 Å². The number of nitrogens with one attached hydrogen (secondary N) is 3. The Bertz CT molecular complexity index is 882. The zero-order chi connectivity index (χ0) is 20.3. The van der Waals surface area contributed by atoms with Crippen molar-refractivity contribution in [3.63, 3.8) is 0 Å². The Balaban J connectivity index is 1.83. The Morgan fingerprint density at radius 2 is 1.86 bits per heavy atom. The van der Waals surface area contributed by atoms with E-state index < -0.39 is 35.4 Å². The first kappa shape index (κ1) is 19.3. The third kappa shape index (κ3) is 3.95. The largest absolute Gasteiger partial charge is 0.497 e. The number of ether oxygens (including phenoxy) is 1. The number of rotatable bonds is 4. The van der Waals surface area contributed by atoms with E-state index in [2.05, 4.69) is 21.1 Å². The van der Waals surface area contributed by atoms with Crippen LogP contribution in [0.4, 0.5) is 23.7 Å². The zero-order valence-electron chi connectivity index (χ0n) is 14.7. The highest BCUT2D eigenvalue weighted by Crippen LogP contribution is 2.31. The molecule has 2 aromatic rings. The number of benzene rings is 2. The number of urea groups is 1. The molecule has 2 aromatic carbocycles. The van der Waals surface area contributed by atoms with Crippen molar-refractivity contribution in [1.29, 1.82) is 0 Å². The first-order chi connectivity index (χ1) is 13.4. The SMILES string of the molecule is COc1cc(F)c([C@@H]2CN/C(=N\O)[C@H]2NC(=O)Nc2ccc(F)cc2)c(F)c1. The number of hydrogen-bond donors (Lipinski definition) is 4. The van der Waals surface area contributed by atoms with Gasteiger partial charge in [-0.25, -0.2) is 18.0 Å². The van der Waals surface area contributed by atoms with Crippen molar-refractivity contribution in [3.8, 4) is 5.75 Å². The number of hydrogen-bond acceptors (Lipinski definition) is 4. The zero-order valence-corrected chi connectivity index (χ0v) is 14.7. The Kier molecular flexibility index (Phi) is 5.57. The van der Waals surface area contributed by atoms with Crippen molar-refractivity contribution in [2.45, 2.75) is 12.0 Å². The number of amides is 2. The fourth-order valence-electron chi connectivity index (χ4n) is 3.04. The number of carbonyl (C=O) groups is 1. The fraction of sp³-hybridized carbons (Fsp3) is 0.222. The molecule has 3 rings (SSSR count). The normalized spacial score (nSPS) is 19.9. The summed E-state index contributed by atoms with van der Waals surface area (Å²) >= 11 is 0. The Labute approximate surface area is 158 Å². The average molecular weight is 394 g/mol. The van der Waals surface area contributed by atoms with E-state index in [9.17, 15) is 18.0 Å². The van der Waals surface area contributed by atoms with Crippen molar-refractivity contribution < 1.29 is 27.9 Å². The second kappa shape index (κ2) is 8.07. The summed E-state index contributed by atoms with van der Waals surface area (Å²) in [4.78, 5) is 12.3. The van der Waals surface area contributed by atoms with E-state index in [0.29, 0.717) is 5.69 Å². The summed E-state index contributed by atoms with van der Waals surface area (Å²) in [5.74, 6) is -3.09. The third-order valence-corrected chi connectivity index (χ3v) is 4.36. The van der Waals surface area contributed by atoms with Crippen molar-refractivity contribution >= 4 is 17.6 Å². The van der Waals surface area contributed by atoms with Crippen LogP contribution in [0.3, 0.4) is 0 Å². The summed E-state index contributed by atoms with van der Waals surface area (Å²) in [5.41, 5.74) is 0.0322. The van der Waals surface area contributed by atoms with Crippen LogP contribution in [0.1, 0.15) is 11.5 Å². The van der Waals surface area contributed by atoms with Crippen LogP contribution in [0.15, 0.2) is 41.6 Å². The van der Waals surface area contributed by atoms with Crippen molar-refractivity contribution in [2.24, 2.45) is 5.16 Å². The van der Waals surface area contributed by atoms with Crippen LogP contribution in [0.5, 0.6) is 5.75 Å². The lowest BCUT2D eigenvalue weighted by Crippen LogP contribution is -2.45. The summed E-state index contributed by atoms with van der Waals surface area (Å²) < 4.78 is 46.7. The van der Waals surface area contributed by atoms with Gasteiger partial charge >= 0.3 is 6.03 Å².